The number of anilines is 1. The Balaban J connectivity index is 0.000000568. The number of pyridine rings is 2. The lowest BCUT2D eigenvalue weighted by molar-refractivity contribution is -0.159. The first-order valence-corrected chi connectivity index (χ1v) is 12.8. The second-order valence-corrected chi connectivity index (χ2v) is 8.84. The molecule has 9 heteroatoms. The van der Waals surface area contributed by atoms with Crippen molar-refractivity contribution in [3.05, 3.63) is 54.4 Å². The quantitative estimate of drug-likeness (QED) is 0.327. The van der Waals surface area contributed by atoms with E-state index in [0.717, 1.165) is 88.0 Å². The maximum absolute atomic E-state index is 9.10. The predicted octanol–water partition coefficient (Wildman–Crippen LogP) is 3.95. The molecule has 0 aliphatic carbocycles. The average molecular weight is 509 g/mol. The molecule has 1 fully saturated rings. The van der Waals surface area contributed by atoms with Gasteiger partial charge in [0.2, 0.25) is 0 Å². The first kappa shape index (κ1) is 28.0. The van der Waals surface area contributed by atoms with Crippen molar-refractivity contribution in [2.45, 2.75) is 33.1 Å². The Bertz CT molecular complexity index is 1150. The van der Waals surface area contributed by atoms with Gasteiger partial charge in [0.05, 0.1) is 5.69 Å². The Morgan fingerprint density at radius 3 is 2.32 bits per heavy atom. The van der Waals surface area contributed by atoms with Crippen molar-refractivity contribution in [1.29, 1.82) is 0 Å². The minimum atomic E-state index is -1.82. The predicted molar refractivity (Wildman–Crippen MR) is 144 cm³/mol. The number of hydrogen-bond acceptors (Lipinski definition) is 7. The smallest absolute Gasteiger partial charge is 0.414 e. The molecule has 0 radical (unpaired) electrons. The van der Waals surface area contributed by atoms with Gasteiger partial charge in [0.15, 0.2) is 0 Å². The molecule has 0 atom stereocenters. The zero-order chi connectivity index (χ0) is 26.6. The van der Waals surface area contributed by atoms with E-state index < -0.39 is 11.9 Å². The van der Waals surface area contributed by atoms with Gasteiger partial charge in [-0.2, -0.15) is 0 Å². The lowest BCUT2D eigenvalue weighted by Crippen LogP contribution is -2.46. The minimum absolute atomic E-state index is 0.804. The molecule has 3 aromatic rings. The normalized spacial score (nSPS) is 13.7. The van der Waals surface area contributed by atoms with Gasteiger partial charge in [0.25, 0.3) is 0 Å². The van der Waals surface area contributed by atoms with Crippen LogP contribution in [-0.4, -0.2) is 83.0 Å². The van der Waals surface area contributed by atoms with Crippen molar-refractivity contribution in [3.8, 4) is 11.3 Å². The van der Waals surface area contributed by atoms with E-state index in [2.05, 4.69) is 66.1 Å². The standard InChI is InChI=1S/C26H34N4O.C2H2O4/c1-3-17-31-18-7-9-23-12-11-22(20-27-23)25-19-21-8-5-6-10-24(21)26(28-25)30-15-13-29(4-2)14-16-30;3-1(4)2(5)6/h5-6,8,10-12,19-20H,3-4,7,9,13-18H2,1-2H3;(H,3,4)(H,5,6). The zero-order valence-corrected chi connectivity index (χ0v) is 21.6. The van der Waals surface area contributed by atoms with E-state index in [9.17, 15) is 0 Å². The third-order valence-electron chi connectivity index (χ3n) is 6.21. The molecule has 0 saturated carbocycles. The van der Waals surface area contributed by atoms with Gasteiger partial charge < -0.3 is 24.7 Å². The van der Waals surface area contributed by atoms with Gasteiger partial charge in [-0.1, -0.05) is 38.1 Å². The lowest BCUT2D eigenvalue weighted by atomic mass is 10.1. The number of carbonyl (C=O) groups is 2. The first-order valence-electron chi connectivity index (χ1n) is 12.8. The molecule has 9 nitrogen and oxygen atoms in total. The Kier molecular flexibility index (Phi) is 10.8. The summed E-state index contributed by atoms with van der Waals surface area (Å²) >= 11 is 0. The van der Waals surface area contributed by atoms with Gasteiger partial charge in [-0.3, -0.25) is 4.98 Å². The highest BCUT2D eigenvalue weighted by molar-refractivity contribution is 6.27. The number of fused-ring (bicyclic) bond motifs is 1. The van der Waals surface area contributed by atoms with Gasteiger partial charge in [-0.15, -0.1) is 0 Å². The van der Waals surface area contributed by atoms with Gasteiger partial charge >= 0.3 is 11.9 Å². The average Bonchev–Trinajstić information content (AvgIpc) is 2.93. The Hall–Kier alpha value is -3.56. The van der Waals surface area contributed by atoms with E-state index in [1.54, 1.807) is 0 Å². The molecular weight excluding hydrogens is 472 g/mol. The lowest BCUT2D eigenvalue weighted by Gasteiger charge is -2.35. The van der Waals surface area contributed by atoms with Crippen molar-refractivity contribution in [2.24, 2.45) is 0 Å². The maximum atomic E-state index is 9.10. The second-order valence-electron chi connectivity index (χ2n) is 8.84. The topological polar surface area (TPSA) is 116 Å². The van der Waals surface area contributed by atoms with E-state index in [1.165, 1.54) is 10.8 Å². The van der Waals surface area contributed by atoms with Crippen LogP contribution in [0.1, 0.15) is 32.4 Å². The molecule has 2 N–H and O–H groups in total. The number of piperazine rings is 1. The highest BCUT2D eigenvalue weighted by Crippen LogP contribution is 2.30. The Morgan fingerprint density at radius 2 is 1.70 bits per heavy atom. The molecule has 1 aliphatic rings. The third-order valence-corrected chi connectivity index (χ3v) is 6.21. The molecular formula is C28H36N4O5. The molecule has 1 saturated heterocycles. The SMILES string of the molecule is CCCOCCCc1ccc(-c2cc3ccccc3c(N3CCN(CC)CC3)n2)cn1.O=C(O)C(=O)O. The fourth-order valence-corrected chi connectivity index (χ4v) is 4.17. The summed E-state index contributed by atoms with van der Waals surface area (Å²) < 4.78 is 5.58. The van der Waals surface area contributed by atoms with Crippen molar-refractivity contribution in [2.75, 3.05) is 50.8 Å². The largest absolute Gasteiger partial charge is 0.473 e. The molecule has 1 aliphatic heterocycles. The number of aliphatic carboxylic acids is 2. The Labute approximate surface area is 217 Å². The minimum Gasteiger partial charge on any atom is -0.473 e. The van der Waals surface area contributed by atoms with Crippen LogP contribution in [0.5, 0.6) is 0 Å². The molecule has 3 heterocycles. The number of ether oxygens (including phenoxy) is 1. The number of aryl methyl sites for hydroxylation is 1. The van der Waals surface area contributed by atoms with E-state index in [-0.39, 0.29) is 0 Å². The van der Waals surface area contributed by atoms with Crippen LogP contribution in [0.15, 0.2) is 48.7 Å². The molecule has 0 bridgehead atoms. The molecule has 198 valence electrons. The molecule has 0 unspecified atom stereocenters. The maximum Gasteiger partial charge on any atom is 0.414 e. The van der Waals surface area contributed by atoms with Gasteiger partial charge in [0, 0.05) is 62.2 Å². The van der Waals surface area contributed by atoms with Crippen molar-refractivity contribution in [1.82, 2.24) is 14.9 Å². The van der Waals surface area contributed by atoms with E-state index in [4.69, 9.17) is 34.5 Å². The van der Waals surface area contributed by atoms with Crippen LogP contribution in [0.2, 0.25) is 0 Å². The summed E-state index contributed by atoms with van der Waals surface area (Å²) in [4.78, 5) is 33.0. The number of carboxylic acid groups (broad SMARTS) is 2. The van der Waals surface area contributed by atoms with Crippen LogP contribution in [-0.2, 0) is 20.7 Å². The van der Waals surface area contributed by atoms with Crippen molar-refractivity contribution in [3.63, 3.8) is 0 Å². The number of likely N-dealkylation sites (N-methyl/N-ethyl adjacent to an activating group) is 1. The number of aromatic nitrogens is 2. The van der Waals surface area contributed by atoms with Crippen LogP contribution in [0.25, 0.3) is 22.0 Å². The monoisotopic (exact) mass is 508 g/mol. The number of hydrogen-bond donors (Lipinski definition) is 2. The van der Waals surface area contributed by atoms with Crippen LogP contribution in [0.3, 0.4) is 0 Å². The molecule has 4 rings (SSSR count). The fourth-order valence-electron chi connectivity index (χ4n) is 4.17. The van der Waals surface area contributed by atoms with Gasteiger partial charge in [-0.05, 0) is 49.4 Å². The molecule has 2 aromatic heterocycles. The van der Waals surface area contributed by atoms with Crippen LogP contribution >= 0.6 is 0 Å². The summed E-state index contributed by atoms with van der Waals surface area (Å²) in [5.41, 5.74) is 3.18. The zero-order valence-electron chi connectivity index (χ0n) is 21.6. The van der Waals surface area contributed by atoms with Crippen LogP contribution in [0, 0.1) is 0 Å². The van der Waals surface area contributed by atoms with E-state index in [1.807, 2.05) is 6.20 Å². The summed E-state index contributed by atoms with van der Waals surface area (Å²) in [6.45, 7) is 11.4. The molecule has 0 spiro atoms. The van der Waals surface area contributed by atoms with E-state index >= 15 is 0 Å². The van der Waals surface area contributed by atoms with Crippen molar-refractivity contribution >= 4 is 28.5 Å². The number of nitrogens with zero attached hydrogens (tertiary/aromatic N) is 4. The summed E-state index contributed by atoms with van der Waals surface area (Å²) in [7, 11) is 0. The Morgan fingerprint density at radius 1 is 0.973 bits per heavy atom. The number of benzene rings is 1. The molecule has 0 amide bonds. The summed E-state index contributed by atoms with van der Waals surface area (Å²) in [5, 5.41) is 17.2. The number of rotatable bonds is 9. The summed E-state index contributed by atoms with van der Waals surface area (Å²) in [6.07, 6.45) is 5.00. The summed E-state index contributed by atoms with van der Waals surface area (Å²) in [5.74, 6) is -2.55. The van der Waals surface area contributed by atoms with Crippen LogP contribution < -0.4 is 4.90 Å². The second kappa shape index (κ2) is 14.2. The molecule has 1 aromatic carbocycles. The first-order chi connectivity index (χ1) is 17.9. The van der Waals surface area contributed by atoms with E-state index in [0.29, 0.717) is 0 Å². The van der Waals surface area contributed by atoms with Crippen LogP contribution in [0.4, 0.5) is 5.82 Å². The number of carboxylic acids is 2. The molecule has 37 heavy (non-hydrogen) atoms. The highest BCUT2D eigenvalue weighted by Gasteiger charge is 2.19. The van der Waals surface area contributed by atoms with Gasteiger partial charge in [-0.25, -0.2) is 14.6 Å². The van der Waals surface area contributed by atoms with Gasteiger partial charge in [0.1, 0.15) is 5.82 Å². The fraction of sp³-hybridized carbons (Fsp3) is 0.429. The highest BCUT2D eigenvalue weighted by atomic mass is 16.5. The third kappa shape index (κ3) is 8.23. The van der Waals surface area contributed by atoms with Crippen molar-refractivity contribution < 1.29 is 24.5 Å². The summed E-state index contributed by atoms with van der Waals surface area (Å²) in [6, 6.07) is 15.1.